The number of hydrogen-bond donors (Lipinski definition) is 2. The Morgan fingerprint density at radius 3 is 2.75 bits per heavy atom. The number of halogens is 2. The van der Waals surface area contributed by atoms with Crippen molar-refractivity contribution >= 4 is 5.91 Å². The average Bonchev–Trinajstić information content (AvgIpc) is 2.86. The second-order valence-corrected chi connectivity index (χ2v) is 3.99. The van der Waals surface area contributed by atoms with E-state index in [2.05, 4.69) is 5.32 Å². The van der Waals surface area contributed by atoms with Crippen LogP contribution in [0.25, 0.3) is 0 Å². The molecule has 1 amide bonds. The Kier molecular flexibility index (Phi) is 2.87. The van der Waals surface area contributed by atoms with Crippen LogP contribution in [0.2, 0.25) is 0 Å². The summed E-state index contributed by atoms with van der Waals surface area (Å²) in [6, 6.07) is 3.20. The van der Waals surface area contributed by atoms with Gasteiger partial charge in [0.2, 0.25) is 5.91 Å². The Morgan fingerprint density at radius 2 is 2.19 bits per heavy atom. The lowest BCUT2D eigenvalue weighted by atomic mass is 10.1. The molecule has 0 saturated heterocycles. The first-order valence-corrected chi connectivity index (χ1v) is 5.05. The molecule has 1 saturated carbocycles. The van der Waals surface area contributed by atoms with Crippen molar-refractivity contribution in [2.75, 3.05) is 0 Å². The van der Waals surface area contributed by atoms with Crippen molar-refractivity contribution in [3.8, 4) is 0 Å². The molecule has 2 unspecified atom stereocenters. The van der Waals surface area contributed by atoms with Gasteiger partial charge in [0.15, 0.2) is 0 Å². The van der Waals surface area contributed by atoms with Crippen LogP contribution in [0, 0.1) is 11.6 Å². The molecule has 1 aromatic carbocycles. The van der Waals surface area contributed by atoms with Crippen molar-refractivity contribution in [3.63, 3.8) is 0 Å². The zero-order chi connectivity index (χ0) is 11.7. The lowest BCUT2D eigenvalue weighted by Crippen LogP contribution is -2.31. The van der Waals surface area contributed by atoms with E-state index < -0.39 is 11.6 Å². The van der Waals surface area contributed by atoms with Crippen molar-refractivity contribution in [3.05, 3.63) is 35.4 Å². The van der Waals surface area contributed by atoms with Gasteiger partial charge < -0.3 is 11.1 Å². The third-order valence-electron chi connectivity index (χ3n) is 2.55. The normalized spacial score (nSPS) is 22.9. The van der Waals surface area contributed by atoms with Gasteiger partial charge >= 0.3 is 0 Å². The summed E-state index contributed by atoms with van der Waals surface area (Å²) < 4.78 is 25.8. The van der Waals surface area contributed by atoms with E-state index in [0.29, 0.717) is 0 Å². The molecule has 0 aromatic heterocycles. The van der Waals surface area contributed by atoms with Gasteiger partial charge in [0, 0.05) is 18.2 Å². The van der Waals surface area contributed by atoms with Crippen LogP contribution < -0.4 is 11.1 Å². The molecule has 3 N–H and O–H groups in total. The molecule has 0 radical (unpaired) electrons. The Labute approximate surface area is 91.6 Å². The molecule has 0 bridgehead atoms. The molecule has 5 heteroatoms. The van der Waals surface area contributed by atoms with Crippen molar-refractivity contribution in [2.24, 2.45) is 5.73 Å². The number of carbonyl (C=O) groups excluding carboxylic acids is 1. The number of benzene rings is 1. The maximum Gasteiger partial charge on any atom is 0.224 e. The SMILES string of the molecule is NC1CC1NC(=O)Cc1ccc(F)cc1F. The fourth-order valence-electron chi connectivity index (χ4n) is 1.48. The van der Waals surface area contributed by atoms with Crippen LogP contribution >= 0.6 is 0 Å². The molecule has 0 spiro atoms. The number of rotatable bonds is 3. The lowest BCUT2D eigenvalue weighted by molar-refractivity contribution is -0.120. The second-order valence-electron chi connectivity index (χ2n) is 3.99. The lowest BCUT2D eigenvalue weighted by Gasteiger charge is -2.04. The Hall–Kier alpha value is -1.49. The average molecular weight is 226 g/mol. The molecule has 2 atom stereocenters. The van der Waals surface area contributed by atoms with Crippen molar-refractivity contribution in [1.29, 1.82) is 0 Å². The monoisotopic (exact) mass is 226 g/mol. The molecular formula is C11H12F2N2O. The minimum atomic E-state index is -0.699. The standard InChI is InChI=1S/C11H12F2N2O/c12-7-2-1-6(8(13)4-7)3-11(16)15-10-5-9(10)14/h1-2,4,9-10H,3,5,14H2,(H,15,16). The molecule has 0 heterocycles. The van der Waals surface area contributed by atoms with Gasteiger partial charge in [0.1, 0.15) is 11.6 Å². The van der Waals surface area contributed by atoms with E-state index in [0.717, 1.165) is 18.6 Å². The highest BCUT2D eigenvalue weighted by Gasteiger charge is 2.34. The van der Waals surface area contributed by atoms with Crippen LogP contribution in [0.3, 0.4) is 0 Å². The zero-order valence-corrected chi connectivity index (χ0v) is 8.54. The van der Waals surface area contributed by atoms with Crippen LogP contribution in [-0.4, -0.2) is 18.0 Å². The molecule has 1 fully saturated rings. The summed E-state index contributed by atoms with van der Waals surface area (Å²) in [5.74, 6) is -1.63. The predicted octanol–water partition coefficient (Wildman–Crippen LogP) is 0.723. The second kappa shape index (κ2) is 4.17. The Morgan fingerprint density at radius 1 is 1.50 bits per heavy atom. The third kappa shape index (κ3) is 2.55. The highest BCUT2D eigenvalue weighted by atomic mass is 19.1. The van der Waals surface area contributed by atoms with Crippen molar-refractivity contribution in [2.45, 2.75) is 24.9 Å². The molecule has 16 heavy (non-hydrogen) atoms. The van der Waals surface area contributed by atoms with Gasteiger partial charge in [-0.05, 0) is 18.1 Å². The summed E-state index contributed by atoms with van der Waals surface area (Å²) in [7, 11) is 0. The summed E-state index contributed by atoms with van der Waals surface area (Å²) in [6.07, 6.45) is 0.674. The number of nitrogens with one attached hydrogen (secondary N) is 1. The van der Waals surface area contributed by atoms with E-state index in [1.54, 1.807) is 0 Å². The fourth-order valence-corrected chi connectivity index (χ4v) is 1.48. The molecule has 3 nitrogen and oxygen atoms in total. The van der Waals surface area contributed by atoms with Gasteiger partial charge in [0.25, 0.3) is 0 Å². The molecule has 2 rings (SSSR count). The van der Waals surface area contributed by atoms with Gasteiger partial charge in [-0.1, -0.05) is 6.07 Å². The highest BCUT2D eigenvalue weighted by molar-refractivity contribution is 5.79. The minimum absolute atomic E-state index is 0.0102. The van der Waals surface area contributed by atoms with Crippen LogP contribution in [0.4, 0.5) is 8.78 Å². The Bertz CT molecular complexity index is 422. The summed E-state index contributed by atoms with van der Waals surface area (Å²) in [5.41, 5.74) is 5.71. The Balaban J connectivity index is 1.95. The maximum absolute atomic E-state index is 13.2. The minimum Gasteiger partial charge on any atom is -0.351 e. The molecule has 1 aromatic rings. The van der Waals surface area contributed by atoms with E-state index >= 15 is 0 Å². The topological polar surface area (TPSA) is 55.1 Å². The van der Waals surface area contributed by atoms with Crippen molar-refractivity contribution in [1.82, 2.24) is 5.32 Å². The number of nitrogens with two attached hydrogens (primary N) is 1. The molecule has 1 aliphatic carbocycles. The van der Waals surface area contributed by atoms with Crippen LogP contribution in [-0.2, 0) is 11.2 Å². The van der Waals surface area contributed by atoms with Gasteiger partial charge in [-0.15, -0.1) is 0 Å². The summed E-state index contributed by atoms with van der Waals surface area (Å²) in [5, 5.41) is 2.67. The highest BCUT2D eigenvalue weighted by Crippen LogP contribution is 2.18. The van der Waals surface area contributed by atoms with Gasteiger partial charge in [0.05, 0.1) is 6.42 Å². The van der Waals surface area contributed by atoms with Crippen LogP contribution in [0.15, 0.2) is 18.2 Å². The number of hydrogen-bond acceptors (Lipinski definition) is 2. The largest absolute Gasteiger partial charge is 0.351 e. The first-order chi connectivity index (χ1) is 7.56. The van der Waals surface area contributed by atoms with Gasteiger partial charge in [-0.25, -0.2) is 8.78 Å². The summed E-state index contributed by atoms with van der Waals surface area (Å²) in [6.45, 7) is 0. The smallest absolute Gasteiger partial charge is 0.224 e. The van der Waals surface area contributed by atoms with Crippen LogP contribution in [0.5, 0.6) is 0 Å². The first-order valence-electron chi connectivity index (χ1n) is 5.05. The summed E-state index contributed by atoms with van der Waals surface area (Å²) >= 11 is 0. The predicted molar refractivity (Wildman–Crippen MR) is 54.6 cm³/mol. The molecule has 0 aliphatic heterocycles. The van der Waals surface area contributed by atoms with E-state index in [9.17, 15) is 13.6 Å². The summed E-state index contributed by atoms with van der Waals surface area (Å²) in [4.78, 5) is 11.4. The third-order valence-corrected chi connectivity index (χ3v) is 2.55. The quantitative estimate of drug-likeness (QED) is 0.798. The van der Waals surface area contributed by atoms with E-state index in [-0.39, 0.29) is 30.0 Å². The molecule has 1 aliphatic rings. The van der Waals surface area contributed by atoms with E-state index in [1.165, 1.54) is 6.07 Å². The van der Waals surface area contributed by atoms with E-state index in [1.807, 2.05) is 0 Å². The van der Waals surface area contributed by atoms with Gasteiger partial charge in [-0.2, -0.15) is 0 Å². The van der Waals surface area contributed by atoms with Crippen LogP contribution in [0.1, 0.15) is 12.0 Å². The zero-order valence-electron chi connectivity index (χ0n) is 8.54. The van der Waals surface area contributed by atoms with Crippen molar-refractivity contribution < 1.29 is 13.6 Å². The maximum atomic E-state index is 13.2. The first kappa shape index (κ1) is 11.0. The fraction of sp³-hybridized carbons (Fsp3) is 0.364. The number of carbonyl (C=O) groups is 1. The van der Waals surface area contributed by atoms with Gasteiger partial charge in [-0.3, -0.25) is 4.79 Å². The van der Waals surface area contributed by atoms with E-state index in [4.69, 9.17) is 5.73 Å². The number of amides is 1. The molecule has 86 valence electrons. The molecular weight excluding hydrogens is 214 g/mol.